The first-order valence-corrected chi connectivity index (χ1v) is 5.68. The molecule has 6 nitrogen and oxygen atoms in total. The van der Waals surface area contributed by atoms with E-state index >= 15 is 0 Å². The quantitative estimate of drug-likeness (QED) is 0.771. The zero-order valence-electron chi connectivity index (χ0n) is 10.8. The van der Waals surface area contributed by atoms with E-state index in [4.69, 9.17) is 5.11 Å². The molecule has 2 N–H and O–H groups in total. The van der Waals surface area contributed by atoms with E-state index in [-0.39, 0.29) is 0 Å². The predicted molar refractivity (Wildman–Crippen MR) is 63.4 cm³/mol. The molecule has 0 unspecified atom stereocenters. The summed E-state index contributed by atoms with van der Waals surface area (Å²) in [7, 11) is 0. The first-order valence-electron chi connectivity index (χ1n) is 5.68. The van der Waals surface area contributed by atoms with E-state index < -0.39 is 11.5 Å². The highest BCUT2D eigenvalue weighted by Crippen LogP contribution is 2.05. The summed E-state index contributed by atoms with van der Waals surface area (Å²) in [5.41, 5.74) is -0.964. The summed E-state index contributed by atoms with van der Waals surface area (Å²) in [6.07, 6.45) is 1.49. The molecule has 0 fully saturated rings. The number of carboxylic acids is 1. The second kappa shape index (κ2) is 5.27. The van der Waals surface area contributed by atoms with E-state index in [1.54, 1.807) is 18.5 Å². The highest BCUT2D eigenvalue weighted by Gasteiger charge is 2.26. The van der Waals surface area contributed by atoms with Gasteiger partial charge in [0.25, 0.3) is 0 Å². The Morgan fingerprint density at radius 3 is 2.76 bits per heavy atom. The van der Waals surface area contributed by atoms with Crippen molar-refractivity contribution in [3.8, 4) is 0 Å². The van der Waals surface area contributed by atoms with Crippen LogP contribution in [0.5, 0.6) is 0 Å². The molecule has 1 aromatic heterocycles. The second-order valence-corrected chi connectivity index (χ2v) is 5.04. The number of hydrogen-bond acceptors (Lipinski definition) is 4. The van der Waals surface area contributed by atoms with Gasteiger partial charge in [-0.2, -0.15) is 5.10 Å². The van der Waals surface area contributed by atoms with E-state index in [9.17, 15) is 4.79 Å². The largest absolute Gasteiger partial charge is 0.480 e. The molecule has 0 aliphatic rings. The maximum absolute atomic E-state index is 10.9. The van der Waals surface area contributed by atoms with Crippen LogP contribution in [0.25, 0.3) is 0 Å². The minimum atomic E-state index is -0.964. The molecule has 0 spiro atoms. The number of rotatable bonds is 6. The maximum atomic E-state index is 10.9. The molecule has 0 aliphatic heterocycles. The lowest BCUT2D eigenvalue weighted by Gasteiger charge is -2.20. The Morgan fingerprint density at radius 1 is 1.59 bits per heavy atom. The van der Waals surface area contributed by atoms with Gasteiger partial charge in [-0.05, 0) is 19.8 Å². The fourth-order valence-electron chi connectivity index (χ4n) is 1.30. The summed E-state index contributed by atoms with van der Waals surface area (Å²) < 4.78 is 1.80. The first-order chi connectivity index (χ1) is 7.83. The van der Waals surface area contributed by atoms with Crippen LogP contribution < -0.4 is 5.32 Å². The molecule has 0 bridgehead atoms. The van der Waals surface area contributed by atoms with Gasteiger partial charge in [-0.3, -0.25) is 10.1 Å². The van der Waals surface area contributed by atoms with Crippen molar-refractivity contribution in [1.29, 1.82) is 0 Å². The van der Waals surface area contributed by atoms with Crippen LogP contribution in [-0.4, -0.2) is 31.4 Å². The van der Waals surface area contributed by atoms with E-state index in [2.05, 4.69) is 29.2 Å². The molecule has 0 atom stereocenters. The Balaban J connectivity index is 2.64. The van der Waals surface area contributed by atoms with Crippen LogP contribution in [0.2, 0.25) is 0 Å². The van der Waals surface area contributed by atoms with Crippen molar-refractivity contribution in [1.82, 2.24) is 20.1 Å². The Labute approximate surface area is 101 Å². The highest BCUT2D eigenvalue weighted by molar-refractivity contribution is 5.77. The van der Waals surface area contributed by atoms with Crippen molar-refractivity contribution < 1.29 is 9.90 Å². The van der Waals surface area contributed by atoms with Crippen molar-refractivity contribution in [3.05, 3.63) is 12.2 Å². The molecule has 0 radical (unpaired) electrons. The SMILES string of the molecule is CC(C)Cn1ncnc1CNC(C)(C)C(=O)O. The highest BCUT2D eigenvalue weighted by atomic mass is 16.4. The van der Waals surface area contributed by atoms with Crippen LogP contribution in [0.15, 0.2) is 6.33 Å². The van der Waals surface area contributed by atoms with Crippen LogP contribution in [0.3, 0.4) is 0 Å². The van der Waals surface area contributed by atoms with Gasteiger partial charge in [0.1, 0.15) is 17.7 Å². The van der Waals surface area contributed by atoms with Crippen molar-refractivity contribution in [2.75, 3.05) is 0 Å². The van der Waals surface area contributed by atoms with E-state index in [1.165, 1.54) is 6.33 Å². The van der Waals surface area contributed by atoms with Gasteiger partial charge < -0.3 is 5.11 Å². The molecule has 6 heteroatoms. The summed E-state index contributed by atoms with van der Waals surface area (Å²) >= 11 is 0. The van der Waals surface area contributed by atoms with Gasteiger partial charge in [0, 0.05) is 6.54 Å². The van der Waals surface area contributed by atoms with Gasteiger partial charge in [0.2, 0.25) is 0 Å². The Morgan fingerprint density at radius 2 is 2.24 bits per heavy atom. The van der Waals surface area contributed by atoms with Crippen LogP contribution in [0.1, 0.15) is 33.5 Å². The number of aliphatic carboxylic acids is 1. The summed E-state index contributed by atoms with van der Waals surface area (Å²) in [5.74, 6) is 0.350. The molecule has 1 aromatic rings. The van der Waals surface area contributed by atoms with Gasteiger partial charge in [-0.25, -0.2) is 9.67 Å². The van der Waals surface area contributed by atoms with Gasteiger partial charge >= 0.3 is 5.97 Å². The fraction of sp³-hybridized carbons (Fsp3) is 0.727. The van der Waals surface area contributed by atoms with Crippen LogP contribution in [-0.2, 0) is 17.9 Å². The van der Waals surface area contributed by atoms with Gasteiger partial charge in [0.05, 0.1) is 6.54 Å². The van der Waals surface area contributed by atoms with Crippen molar-refractivity contribution in [3.63, 3.8) is 0 Å². The molecule has 96 valence electrons. The summed E-state index contributed by atoms with van der Waals surface area (Å²) in [4.78, 5) is 15.1. The van der Waals surface area contributed by atoms with Crippen molar-refractivity contribution in [2.24, 2.45) is 5.92 Å². The monoisotopic (exact) mass is 240 g/mol. The number of aromatic nitrogens is 3. The first kappa shape index (κ1) is 13.6. The molecule has 0 aliphatic carbocycles. The summed E-state index contributed by atoms with van der Waals surface area (Å²) in [6, 6.07) is 0. The molecule has 0 amide bonds. The lowest BCUT2D eigenvalue weighted by atomic mass is 10.1. The molecule has 0 saturated carbocycles. The minimum Gasteiger partial charge on any atom is -0.480 e. The Bertz CT molecular complexity index is 385. The number of nitrogens with zero attached hydrogens (tertiary/aromatic N) is 3. The molecule has 0 aromatic carbocycles. The van der Waals surface area contributed by atoms with Crippen molar-refractivity contribution in [2.45, 2.75) is 46.3 Å². The number of hydrogen-bond donors (Lipinski definition) is 2. The Hall–Kier alpha value is -1.43. The van der Waals surface area contributed by atoms with E-state index in [1.807, 2.05) is 0 Å². The normalized spacial score (nSPS) is 12.1. The van der Waals surface area contributed by atoms with Gasteiger partial charge in [-0.15, -0.1) is 0 Å². The smallest absolute Gasteiger partial charge is 0.323 e. The molecule has 1 heterocycles. The molecular weight excluding hydrogens is 220 g/mol. The molecule has 17 heavy (non-hydrogen) atoms. The molecule has 0 saturated heterocycles. The second-order valence-electron chi connectivity index (χ2n) is 5.04. The fourth-order valence-corrected chi connectivity index (χ4v) is 1.30. The third kappa shape index (κ3) is 3.81. The zero-order chi connectivity index (χ0) is 13.1. The topological polar surface area (TPSA) is 80.0 Å². The molecule has 1 rings (SSSR count). The number of carbonyl (C=O) groups is 1. The van der Waals surface area contributed by atoms with Gasteiger partial charge in [0.15, 0.2) is 0 Å². The number of carboxylic acid groups (broad SMARTS) is 1. The van der Waals surface area contributed by atoms with E-state index in [0.717, 1.165) is 12.4 Å². The standard InChI is InChI=1S/C11H20N4O2/c1-8(2)6-15-9(12-7-14-15)5-13-11(3,4)10(16)17/h7-8,13H,5-6H2,1-4H3,(H,16,17). The summed E-state index contributed by atoms with van der Waals surface area (Å²) in [5, 5.41) is 16.1. The van der Waals surface area contributed by atoms with Crippen LogP contribution >= 0.6 is 0 Å². The third-order valence-corrected chi connectivity index (χ3v) is 2.46. The molecular formula is C11H20N4O2. The summed E-state index contributed by atoms with van der Waals surface area (Å²) in [6.45, 7) is 8.62. The average molecular weight is 240 g/mol. The zero-order valence-corrected chi connectivity index (χ0v) is 10.8. The predicted octanol–water partition coefficient (Wildman–Crippen LogP) is 0.887. The maximum Gasteiger partial charge on any atom is 0.323 e. The van der Waals surface area contributed by atoms with Crippen LogP contribution in [0.4, 0.5) is 0 Å². The van der Waals surface area contributed by atoms with E-state index in [0.29, 0.717) is 12.5 Å². The lowest BCUT2D eigenvalue weighted by molar-refractivity contribution is -0.143. The van der Waals surface area contributed by atoms with Crippen molar-refractivity contribution >= 4 is 5.97 Å². The Kier molecular flexibility index (Phi) is 4.22. The van der Waals surface area contributed by atoms with Crippen LogP contribution in [0, 0.1) is 5.92 Å². The van der Waals surface area contributed by atoms with Gasteiger partial charge in [-0.1, -0.05) is 13.8 Å². The minimum absolute atomic E-state index is 0.395. The number of nitrogens with one attached hydrogen (secondary N) is 1. The lowest BCUT2D eigenvalue weighted by Crippen LogP contribution is -2.46. The third-order valence-electron chi connectivity index (χ3n) is 2.46. The average Bonchev–Trinajstić information content (AvgIpc) is 2.61.